The Balaban J connectivity index is 1.59. The molecule has 0 aromatic rings. The third kappa shape index (κ3) is 3.58. The van der Waals surface area contributed by atoms with Crippen LogP contribution in [0.1, 0.15) is 106 Å². The van der Waals surface area contributed by atoms with E-state index >= 15 is 0 Å². The van der Waals surface area contributed by atoms with Crippen molar-refractivity contribution >= 4 is 5.78 Å². The van der Waals surface area contributed by atoms with Gasteiger partial charge in [0.05, 0.1) is 6.10 Å². The Kier molecular flexibility index (Phi) is 6.07. The lowest BCUT2D eigenvalue weighted by atomic mass is 9.44. The van der Waals surface area contributed by atoms with Gasteiger partial charge in [-0.1, -0.05) is 79.4 Å². The molecule has 3 saturated carbocycles. The summed E-state index contributed by atoms with van der Waals surface area (Å²) in [5.41, 5.74) is 1.72. The first kappa shape index (κ1) is 23.5. The topological polar surface area (TPSA) is 37.3 Å². The molecule has 4 aliphatic carbocycles. The Morgan fingerprint density at radius 2 is 1.77 bits per heavy atom. The molecule has 0 radical (unpaired) electrons. The van der Waals surface area contributed by atoms with E-state index in [9.17, 15) is 9.90 Å². The van der Waals surface area contributed by atoms with Gasteiger partial charge in [0.1, 0.15) is 5.78 Å². The van der Waals surface area contributed by atoms with Crippen molar-refractivity contribution in [1.29, 1.82) is 0 Å². The van der Waals surface area contributed by atoms with Crippen LogP contribution in [0.15, 0.2) is 11.6 Å². The van der Waals surface area contributed by atoms with Gasteiger partial charge in [-0.15, -0.1) is 0 Å². The van der Waals surface area contributed by atoms with Crippen molar-refractivity contribution in [3.8, 4) is 0 Å². The first-order valence-corrected chi connectivity index (χ1v) is 13.3. The van der Waals surface area contributed by atoms with E-state index in [1.165, 1.54) is 37.7 Å². The number of aliphatic hydroxyl groups excluding tert-OH is 1. The van der Waals surface area contributed by atoms with E-state index in [-0.39, 0.29) is 28.3 Å². The zero-order valence-corrected chi connectivity index (χ0v) is 21.3. The largest absolute Gasteiger partial charge is 0.392 e. The molecule has 31 heavy (non-hydrogen) atoms. The Morgan fingerprint density at radius 3 is 2.45 bits per heavy atom. The minimum absolute atomic E-state index is 0.133. The van der Waals surface area contributed by atoms with Crippen molar-refractivity contribution in [2.45, 2.75) is 112 Å². The molecule has 0 unspecified atom stereocenters. The predicted molar refractivity (Wildman–Crippen MR) is 129 cm³/mol. The fourth-order valence-electron chi connectivity index (χ4n) is 9.13. The average molecular weight is 429 g/mol. The minimum atomic E-state index is -0.235. The summed E-state index contributed by atoms with van der Waals surface area (Å²) >= 11 is 0. The summed E-state index contributed by atoms with van der Waals surface area (Å²) in [5, 5.41) is 10.7. The normalized spacial score (nSPS) is 45.0. The van der Waals surface area contributed by atoms with Crippen LogP contribution in [0.4, 0.5) is 0 Å². The Bertz CT molecular complexity index is 733. The second kappa shape index (κ2) is 8.00. The van der Waals surface area contributed by atoms with Crippen LogP contribution in [0.3, 0.4) is 0 Å². The molecule has 0 heterocycles. The molecular weight excluding hydrogens is 380 g/mol. The number of rotatable bonds is 5. The number of aliphatic hydroxyl groups is 1. The van der Waals surface area contributed by atoms with Crippen LogP contribution in [-0.2, 0) is 4.79 Å². The second-order valence-electron chi connectivity index (χ2n) is 13.4. The monoisotopic (exact) mass is 428 g/mol. The van der Waals surface area contributed by atoms with Gasteiger partial charge in [-0.2, -0.15) is 0 Å². The first-order valence-electron chi connectivity index (χ1n) is 13.3. The van der Waals surface area contributed by atoms with E-state index in [2.05, 4.69) is 54.5 Å². The average Bonchev–Trinajstić information content (AvgIpc) is 2.96. The molecule has 2 nitrogen and oxygen atoms in total. The van der Waals surface area contributed by atoms with Gasteiger partial charge in [-0.3, -0.25) is 4.79 Å². The molecule has 0 bridgehead atoms. The highest BCUT2D eigenvalue weighted by Crippen LogP contribution is 2.68. The molecule has 0 amide bonds. The van der Waals surface area contributed by atoms with Crippen LogP contribution in [0.5, 0.6) is 0 Å². The molecule has 4 aliphatic rings. The zero-order valence-electron chi connectivity index (χ0n) is 21.3. The van der Waals surface area contributed by atoms with Crippen molar-refractivity contribution in [2.75, 3.05) is 0 Å². The third-order valence-corrected chi connectivity index (χ3v) is 10.9. The fourth-order valence-corrected chi connectivity index (χ4v) is 9.13. The summed E-state index contributed by atoms with van der Waals surface area (Å²) in [7, 11) is 0. The van der Waals surface area contributed by atoms with Crippen LogP contribution in [-0.4, -0.2) is 17.0 Å². The SMILES string of the molecule is CC(C)CCC[C@@H](C)[C@H]1CC(=O)[C@H]2[C@@H]3CC=C4C(C)(C)[C@@H](O)CC[C@]4(C)[C@H]3CC[C@]12C. The lowest BCUT2D eigenvalue weighted by Crippen LogP contribution is -2.55. The molecule has 0 aliphatic heterocycles. The smallest absolute Gasteiger partial charge is 0.137 e. The molecule has 0 saturated heterocycles. The number of allylic oxidation sites excluding steroid dienone is 1. The van der Waals surface area contributed by atoms with Gasteiger partial charge < -0.3 is 5.11 Å². The van der Waals surface area contributed by atoms with E-state index in [4.69, 9.17) is 0 Å². The lowest BCUT2D eigenvalue weighted by Gasteiger charge is -2.60. The standard InChI is InChI=1S/C29H48O2/c1-18(2)9-8-10-19(3)22-17-23(30)26-20-11-12-24-27(4,5)25(31)14-16-28(24,6)21(20)13-15-29(22,26)7/h12,18-22,25-26,31H,8-11,13-17H2,1-7H3/t19-,20-,21+,22-,25+,26-,28-,29-/m1/s1. The number of ketones is 1. The summed E-state index contributed by atoms with van der Waals surface area (Å²) in [6.45, 7) is 16.5. The van der Waals surface area contributed by atoms with E-state index in [1.54, 1.807) is 0 Å². The van der Waals surface area contributed by atoms with E-state index in [0.29, 0.717) is 29.5 Å². The Morgan fingerprint density at radius 1 is 1.06 bits per heavy atom. The molecule has 176 valence electrons. The summed E-state index contributed by atoms with van der Waals surface area (Å²) in [4.78, 5) is 13.5. The molecule has 1 N–H and O–H groups in total. The van der Waals surface area contributed by atoms with Crippen LogP contribution in [0, 0.1) is 51.8 Å². The zero-order chi connectivity index (χ0) is 22.8. The summed E-state index contributed by atoms with van der Waals surface area (Å²) < 4.78 is 0. The van der Waals surface area contributed by atoms with Crippen LogP contribution >= 0.6 is 0 Å². The van der Waals surface area contributed by atoms with Crippen molar-refractivity contribution in [3.05, 3.63) is 11.6 Å². The highest BCUT2D eigenvalue weighted by atomic mass is 16.3. The van der Waals surface area contributed by atoms with Gasteiger partial charge in [-0.05, 0) is 72.5 Å². The van der Waals surface area contributed by atoms with Crippen molar-refractivity contribution < 1.29 is 9.90 Å². The lowest BCUT2D eigenvalue weighted by molar-refractivity contribution is -0.131. The maximum atomic E-state index is 13.5. The molecule has 8 atom stereocenters. The Hall–Kier alpha value is -0.630. The highest BCUT2D eigenvalue weighted by molar-refractivity contribution is 5.85. The molecule has 0 aromatic carbocycles. The number of Topliss-reactive ketones (excluding diaryl/α,β-unsaturated/α-hetero) is 1. The van der Waals surface area contributed by atoms with E-state index < -0.39 is 0 Å². The first-order chi connectivity index (χ1) is 14.4. The third-order valence-electron chi connectivity index (χ3n) is 10.9. The minimum Gasteiger partial charge on any atom is -0.392 e. The van der Waals surface area contributed by atoms with Crippen LogP contribution in [0.25, 0.3) is 0 Å². The number of carbonyl (C=O) groups is 1. The summed E-state index contributed by atoms with van der Waals surface area (Å²) in [6, 6.07) is 0. The second-order valence-corrected chi connectivity index (χ2v) is 13.4. The maximum absolute atomic E-state index is 13.5. The molecule has 0 aromatic heterocycles. The fraction of sp³-hybridized carbons (Fsp3) is 0.897. The predicted octanol–water partition coefficient (Wildman–Crippen LogP) is 7.20. The molecular formula is C29H48O2. The van der Waals surface area contributed by atoms with Gasteiger partial charge in [0.15, 0.2) is 0 Å². The van der Waals surface area contributed by atoms with Crippen molar-refractivity contribution in [1.82, 2.24) is 0 Å². The van der Waals surface area contributed by atoms with Crippen molar-refractivity contribution in [3.63, 3.8) is 0 Å². The number of carbonyl (C=O) groups excluding carboxylic acids is 1. The van der Waals surface area contributed by atoms with Gasteiger partial charge in [0, 0.05) is 17.8 Å². The van der Waals surface area contributed by atoms with Gasteiger partial charge in [-0.25, -0.2) is 0 Å². The van der Waals surface area contributed by atoms with Crippen molar-refractivity contribution in [2.24, 2.45) is 51.8 Å². The van der Waals surface area contributed by atoms with Crippen LogP contribution < -0.4 is 0 Å². The maximum Gasteiger partial charge on any atom is 0.137 e. The molecule has 4 rings (SSSR count). The van der Waals surface area contributed by atoms with Gasteiger partial charge in [0.25, 0.3) is 0 Å². The Labute approximate surface area is 191 Å². The van der Waals surface area contributed by atoms with Crippen LogP contribution in [0.2, 0.25) is 0 Å². The molecule has 2 heteroatoms. The molecule has 3 fully saturated rings. The molecule has 0 spiro atoms. The summed E-state index contributed by atoms with van der Waals surface area (Å²) in [6.07, 6.45) is 12.5. The number of fused-ring (bicyclic) bond motifs is 5. The van der Waals surface area contributed by atoms with Gasteiger partial charge in [0.2, 0.25) is 0 Å². The summed E-state index contributed by atoms with van der Waals surface area (Å²) in [5.74, 6) is 3.96. The van der Waals surface area contributed by atoms with E-state index in [0.717, 1.165) is 31.6 Å². The quantitative estimate of drug-likeness (QED) is 0.470. The number of hydrogen-bond acceptors (Lipinski definition) is 2. The number of hydrogen-bond donors (Lipinski definition) is 1. The van der Waals surface area contributed by atoms with Gasteiger partial charge >= 0.3 is 0 Å². The highest BCUT2D eigenvalue weighted by Gasteiger charge is 2.63. The van der Waals surface area contributed by atoms with E-state index in [1.807, 2.05) is 0 Å².